The number of carbonyl (C=O) groups is 1. The minimum absolute atomic E-state index is 0.0880. The molecule has 3 nitrogen and oxygen atoms in total. The minimum atomic E-state index is -0.367. The van der Waals surface area contributed by atoms with Gasteiger partial charge in [-0.15, -0.1) is 0 Å². The molecule has 1 amide bonds. The molecule has 0 fully saturated rings. The normalized spacial score (nSPS) is 11.1. The number of amides is 1. The highest BCUT2D eigenvalue weighted by Crippen LogP contribution is 2.26. The molecule has 0 bridgehead atoms. The molecule has 1 aromatic rings. The molecule has 98 valence electrons. The summed E-state index contributed by atoms with van der Waals surface area (Å²) in [6.45, 7) is 5.91. The van der Waals surface area contributed by atoms with Crippen molar-refractivity contribution < 1.29 is 4.79 Å². The zero-order valence-corrected chi connectivity index (χ0v) is 12.2. The molecule has 0 saturated carbocycles. The summed E-state index contributed by atoms with van der Waals surface area (Å²) in [6.07, 6.45) is 0.797. The van der Waals surface area contributed by atoms with Gasteiger partial charge in [-0.2, -0.15) is 0 Å². The van der Waals surface area contributed by atoms with Crippen molar-refractivity contribution in [1.29, 1.82) is 0 Å². The second-order valence-electron chi connectivity index (χ2n) is 5.02. The van der Waals surface area contributed by atoms with Crippen LogP contribution in [-0.4, -0.2) is 17.9 Å². The lowest BCUT2D eigenvalue weighted by Crippen LogP contribution is -2.38. The number of hydrogen-bond acceptors (Lipinski definition) is 2. The first-order valence-corrected chi connectivity index (χ1v) is 6.38. The SMILES string of the molecule is CCC(C)(C)C(=O)N(C)c1cccc(C(N)=S)c1. The average Bonchev–Trinajstić information content (AvgIpc) is 2.37. The fourth-order valence-corrected chi connectivity index (χ4v) is 1.72. The maximum Gasteiger partial charge on any atom is 0.232 e. The number of thiocarbonyl (C=S) groups is 1. The van der Waals surface area contributed by atoms with Crippen LogP contribution in [0.5, 0.6) is 0 Å². The van der Waals surface area contributed by atoms with Gasteiger partial charge in [0.15, 0.2) is 0 Å². The molecule has 18 heavy (non-hydrogen) atoms. The van der Waals surface area contributed by atoms with Crippen LogP contribution in [0.25, 0.3) is 0 Å². The lowest BCUT2D eigenvalue weighted by atomic mass is 9.88. The van der Waals surface area contributed by atoms with Crippen molar-refractivity contribution in [3.05, 3.63) is 29.8 Å². The summed E-state index contributed by atoms with van der Waals surface area (Å²) in [4.78, 5) is 14.3. The molecule has 1 aromatic carbocycles. The van der Waals surface area contributed by atoms with Crippen molar-refractivity contribution in [2.45, 2.75) is 27.2 Å². The van der Waals surface area contributed by atoms with E-state index in [1.807, 2.05) is 45.0 Å². The molecule has 0 aromatic heterocycles. The quantitative estimate of drug-likeness (QED) is 0.851. The molecular weight excluding hydrogens is 244 g/mol. The molecule has 0 aliphatic heterocycles. The van der Waals surface area contributed by atoms with Gasteiger partial charge in [0, 0.05) is 23.7 Å². The second-order valence-corrected chi connectivity index (χ2v) is 5.46. The molecular formula is C14H20N2OS. The molecule has 0 atom stereocenters. The number of benzene rings is 1. The van der Waals surface area contributed by atoms with E-state index in [0.717, 1.165) is 17.7 Å². The van der Waals surface area contributed by atoms with Gasteiger partial charge in [0.25, 0.3) is 0 Å². The third kappa shape index (κ3) is 3.07. The first-order chi connectivity index (χ1) is 8.29. The molecule has 0 radical (unpaired) electrons. The van der Waals surface area contributed by atoms with Crippen molar-refractivity contribution in [2.24, 2.45) is 11.1 Å². The van der Waals surface area contributed by atoms with Gasteiger partial charge in [0.05, 0.1) is 0 Å². The Bertz CT molecular complexity index is 469. The Kier molecular flexibility index (Phi) is 4.46. The van der Waals surface area contributed by atoms with Crippen LogP contribution in [0.2, 0.25) is 0 Å². The number of hydrogen-bond donors (Lipinski definition) is 1. The monoisotopic (exact) mass is 264 g/mol. The lowest BCUT2D eigenvalue weighted by Gasteiger charge is -2.28. The smallest absolute Gasteiger partial charge is 0.232 e. The first kappa shape index (κ1) is 14.6. The summed E-state index contributed by atoms with van der Waals surface area (Å²) >= 11 is 4.94. The van der Waals surface area contributed by atoms with E-state index < -0.39 is 0 Å². The Labute approximate surface area is 114 Å². The predicted molar refractivity (Wildman–Crippen MR) is 79.8 cm³/mol. The highest BCUT2D eigenvalue weighted by atomic mass is 32.1. The molecule has 4 heteroatoms. The van der Waals surface area contributed by atoms with Crippen LogP contribution < -0.4 is 10.6 Å². The van der Waals surface area contributed by atoms with Gasteiger partial charge in [-0.1, -0.05) is 45.1 Å². The third-order valence-corrected chi connectivity index (χ3v) is 3.52. The van der Waals surface area contributed by atoms with E-state index in [2.05, 4.69) is 0 Å². The third-order valence-electron chi connectivity index (χ3n) is 3.29. The van der Waals surface area contributed by atoms with Crippen molar-refractivity contribution in [1.82, 2.24) is 0 Å². The van der Waals surface area contributed by atoms with Gasteiger partial charge >= 0.3 is 0 Å². The summed E-state index contributed by atoms with van der Waals surface area (Å²) in [7, 11) is 1.78. The van der Waals surface area contributed by atoms with Gasteiger partial charge in [0.2, 0.25) is 5.91 Å². The molecule has 0 spiro atoms. The number of anilines is 1. The molecule has 0 aliphatic rings. The van der Waals surface area contributed by atoms with Crippen molar-refractivity contribution in [3.8, 4) is 0 Å². The van der Waals surface area contributed by atoms with Crippen LogP contribution in [0.4, 0.5) is 5.69 Å². The van der Waals surface area contributed by atoms with Crippen LogP contribution in [0, 0.1) is 5.41 Å². The Morgan fingerprint density at radius 2 is 2.06 bits per heavy atom. The summed E-state index contributed by atoms with van der Waals surface area (Å²) in [6, 6.07) is 7.42. The first-order valence-electron chi connectivity index (χ1n) is 5.97. The zero-order valence-electron chi connectivity index (χ0n) is 11.4. The van der Waals surface area contributed by atoms with Gasteiger partial charge in [-0.25, -0.2) is 0 Å². The van der Waals surface area contributed by atoms with Gasteiger partial charge in [-0.3, -0.25) is 4.79 Å². The lowest BCUT2D eigenvalue weighted by molar-refractivity contribution is -0.126. The van der Waals surface area contributed by atoms with E-state index in [1.54, 1.807) is 11.9 Å². The fraction of sp³-hybridized carbons (Fsp3) is 0.429. The summed E-state index contributed by atoms with van der Waals surface area (Å²) in [5.41, 5.74) is 6.82. The molecule has 2 N–H and O–H groups in total. The Morgan fingerprint density at radius 3 is 2.56 bits per heavy atom. The topological polar surface area (TPSA) is 46.3 Å². The van der Waals surface area contributed by atoms with Crippen molar-refractivity contribution in [2.75, 3.05) is 11.9 Å². The summed E-state index contributed by atoms with van der Waals surface area (Å²) in [5, 5.41) is 0. The Hall–Kier alpha value is -1.42. The van der Waals surface area contributed by atoms with Crippen LogP contribution in [-0.2, 0) is 4.79 Å². The number of carbonyl (C=O) groups excluding carboxylic acids is 1. The standard InChI is InChI=1S/C14H20N2OS/c1-5-14(2,3)13(17)16(4)11-8-6-7-10(9-11)12(15)18/h6-9H,5H2,1-4H3,(H2,15,18). The molecule has 0 aliphatic carbocycles. The highest BCUT2D eigenvalue weighted by molar-refractivity contribution is 7.80. The van der Waals surface area contributed by atoms with Crippen LogP contribution in [0.15, 0.2) is 24.3 Å². The number of nitrogens with two attached hydrogens (primary N) is 1. The highest BCUT2D eigenvalue weighted by Gasteiger charge is 2.29. The van der Waals surface area contributed by atoms with Crippen LogP contribution >= 0.6 is 12.2 Å². The van der Waals surface area contributed by atoms with E-state index in [-0.39, 0.29) is 11.3 Å². The maximum absolute atomic E-state index is 12.3. The predicted octanol–water partition coefficient (Wildman–Crippen LogP) is 2.72. The van der Waals surface area contributed by atoms with Crippen molar-refractivity contribution in [3.63, 3.8) is 0 Å². The van der Waals surface area contributed by atoms with Gasteiger partial charge < -0.3 is 10.6 Å². The fourth-order valence-electron chi connectivity index (χ4n) is 1.59. The second kappa shape index (κ2) is 5.48. The van der Waals surface area contributed by atoms with E-state index in [4.69, 9.17) is 18.0 Å². The molecule has 0 saturated heterocycles. The Morgan fingerprint density at radius 1 is 1.44 bits per heavy atom. The largest absolute Gasteiger partial charge is 0.389 e. The Balaban J connectivity index is 3.04. The molecule has 1 rings (SSSR count). The number of rotatable bonds is 4. The maximum atomic E-state index is 12.3. The summed E-state index contributed by atoms with van der Waals surface area (Å²) in [5.74, 6) is 0.0880. The number of nitrogens with zero attached hydrogens (tertiary/aromatic N) is 1. The van der Waals surface area contributed by atoms with Gasteiger partial charge in [-0.05, 0) is 18.6 Å². The van der Waals surface area contributed by atoms with E-state index in [1.165, 1.54) is 0 Å². The molecule has 0 unspecified atom stereocenters. The van der Waals surface area contributed by atoms with E-state index >= 15 is 0 Å². The van der Waals surface area contributed by atoms with Crippen LogP contribution in [0.3, 0.4) is 0 Å². The minimum Gasteiger partial charge on any atom is -0.389 e. The van der Waals surface area contributed by atoms with Gasteiger partial charge in [0.1, 0.15) is 4.99 Å². The zero-order chi connectivity index (χ0) is 13.9. The molecule has 0 heterocycles. The van der Waals surface area contributed by atoms with Crippen LogP contribution in [0.1, 0.15) is 32.8 Å². The summed E-state index contributed by atoms with van der Waals surface area (Å²) < 4.78 is 0. The average molecular weight is 264 g/mol. The van der Waals surface area contributed by atoms with E-state index in [0.29, 0.717) is 4.99 Å². The van der Waals surface area contributed by atoms with Crippen molar-refractivity contribution >= 4 is 28.8 Å². The van der Waals surface area contributed by atoms with E-state index in [9.17, 15) is 4.79 Å².